The Morgan fingerprint density at radius 1 is 1.09 bits per heavy atom. The van der Waals surface area contributed by atoms with E-state index in [0.29, 0.717) is 25.8 Å². The first-order chi connectivity index (χ1) is 15.9. The molecule has 0 unspecified atom stereocenters. The van der Waals surface area contributed by atoms with E-state index in [2.05, 4.69) is 29.6 Å². The number of hydrogen-bond donors (Lipinski definition) is 2. The number of carboxylic acids is 1. The Labute approximate surface area is 193 Å². The van der Waals surface area contributed by atoms with Crippen LogP contribution in [0.25, 0.3) is 11.1 Å². The number of ether oxygens (including phenoxy) is 1. The van der Waals surface area contributed by atoms with Crippen molar-refractivity contribution in [3.8, 4) is 11.1 Å². The molecular weight excluding hydrogens is 420 g/mol. The van der Waals surface area contributed by atoms with Gasteiger partial charge in [-0.25, -0.2) is 9.59 Å². The summed E-state index contributed by atoms with van der Waals surface area (Å²) >= 11 is 0. The van der Waals surface area contributed by atoms with Crippen LogP contribution in [0.2, 0.25) is 0 Å². The van der Waals surface area contributed by atoms with E-state index in [1.807, 2.05) is 31.2 Å². The molecule has 1 aliphatic carbocycles. The molecule has 1 saturated heterocycles. The first-order valence-corrected chi connectivity index (χ1v) is 11.6. The Hall–Kier alpha value is -3.35. The van der Waals surface area contributed by atoms with Crippen molar-refractivity contribution in [1.82, 2.24) is 10.2 Å². The number of benzene rings is 2. The molecule has 33 heavy (non-hydrogen) atoms. The van der Waals surface area contributed by atoms with Crippen molar-refractivity contribution < 1.29 is 24.2 Å². The molecule has 1 aliphatic heterocycles. The smallest absolute Gasteiger partial charge is 0.410 e. The quantitative estimate of drug-likeness (QED) is 0.664. The van der Waals surface area contributed by atoms with Crippen LogP contribution in [0.5, 0.6) is 0 Å². The van der Waals surface area contributed by atoms with Gasteiger partial charge in [0.2, 0.25) is 5.91 Å². The molecule has 1 heterocycles. The number of carbonyl (C=O) groups excluding carboxylic acids is 2. The molecule has 2 N–H and O–H groups in total. The number of nitrogens with zero attached hydrogens (tertiary/aromatic N) is 1. The third kappa shape index (κ3) is 4.45. The summed E-state index contributed by atoms with van der Waals surface area (Å²) in [6, 6.07) is 14.5. The van der Waals surface area contributed by atoms with Gasteiger partial charge in [-0.3, -0.25) is 9.69 Å². The third-order valence-electron chi connectivity index (χ3n) is 6.90. The number of carbonyl (C=O) groups is 3. The number of nitrogens with one attached hydrogen (secondary N) is 1. The Morgan fingerprint density at radius 2 is 1.70 bits per heavy atom. The average molecular weight is 451 g/mol. The number of aliphatic carboxylic acids is 1. The average Bonchev–Trinajstić information content (AvgIpc) is 3.44. The van der Waals surface area contributed by atoms with Gasteiger partial charge in [0.05, 0.1) is 0 Å². The van der Waals surface area contributed by atoms with E-state index in [-0.39, 0.29) is 18.4 Å². The maximum atomic E-state index is 13.0. The standard InChI is InChI=1S/C26H30N2O5/c1-3-16(2)23(25(30)31)27-24(29)22-13-8-14-28(22)26(32)33-15-21-19-11-6-4-9-17(19)18-10-5-7-12-20(18)21/h4-7,9-12,16,21-23H,3,8,13-15H2,1-2H3,(H,27,29)(H,30,31)/t16-,22-,23-/m0/s1. The fourth-order valence-corrected chi connectivity index (χ4v) is 4.87. The van der Waals surface area contributed by atoms with E-state index in [1.165, 1.54) is 4.90 Å². The summed E-state index contributed by atoms with van der Waals surface area (Å²) in [5.41, 5.74) is 4.55. The molecular formula is C26H30N2O5. The van der Waals surface area contributed by atoms with Crippen molar-refractivity contribution in [3.05, 3.63) is 59.7 Å². The highest BCUT2D eigenvalue weighted by Crippen LogP contribution is 2.44. The lowest BCUT2D eigenvalue weighted by molar-refractivity contribution is -0.144. The Kier molecular flexibility index (Phi) is 6.67. The predicted molar refractivity (Wildman–Crippen MR) is 124 cm³/mol. The van der Waals surface area contributed by atoms with Gasteiger partial charge < -0.3 is 15.2 Å². The van der Waals surface area contributed by atoms with E-state index in [1.54, 1.807) is 6.92 Å². The minimum atomic E-state index is -1.07. The SMILES string of the molecule is CC[C@H](C)[C@H](NC(=O)[C@@H]1CCCN1C(=O)OCC1c2ccccc2-c2ccccc21)C(=O)O. The van der Waals surface area contributed by atoms with E-state index < -0.39 is 30.1 Å². The van der Waals surface area contributed by atoms with Crippen LogP contribution < -0.4 is 5.32 Å². The summed E-state index contributed by atoms with van der Waals surface area (Å²) in [6.07, 6.45) is 1.24. The van der Waals surface area contributed by atoms with Crippen molar-refractivity contribution >= 4 is 18.0 Å². The van der Waals surface area contributed by atoms with Gasteiger partial charge >= 0.3 is 12.1 Å². The van der Waals surface area contributed by atoms with Crippen molar-refractivity contribution in [2.75, 3.05) is 13.2 Å². The summed E-state index contributed by atoms with van der Waals surface area (Å²) in [7, 11) is 0. The maximum Gasteiger partial charge on any atom is 0.410 e. The molecule has 0 spiro atoms. The van der Waals surface area contributed by atoms with Crippen molar-refractivity contribution in [2.45, 2.75) is 51.1 Å². The number of amides is 2. The summed E-state index contributed by atoms with van der Waals surface area (Å²) in [6.45, 7) is 4.26. The molecule has 2 aromatic rings. The van der Waals surface area contributed by atoms with E-state index >= 15 is 0 Å². The van der Waals surface area contributed by atoms with Crippen LogP contribution >= 0.6 is 0 Å². The Balaban J connectivity index is 1.43. The first-order valence-electron chi connectivity index (χ1n) is 11.6. The lowest BCUT2D eigenvalue weighted by Crippen LogP contribution is -2.52. The topological polar surface area (TPSA) is 95.9 Å². The normalized spacial score (nSPS) is 18.8. The van der Waals surface area contributed by atoms with Gasteiger partial charge in [-0.05, 0) is 41.0 Å². The number of likely N-dealkylation sites (tertiary alicyclic amines) is 1. The molecule has 0 saturated carbocycles. The van der Waals surface area contributed by atoms with E-state index in [0.717, 1.165) is 22.3 Å². The minimum Gasteiger partial charge on any atom is -0.480 e. The van der Waals surface area contributed by atoms with Crippen LogP contribution in [0.3, 0.4) is 0 Å². The minimum absolute atomic E-state index is 0.0574. The van der Waals surface area contributed by atoms with Gasteiger partial charge in [-0.15, -0.1) is 0 Å². The molecule has 1 fully saturated rings. The zero-order valence-corrected chi connectivity index (χ0v) is 19.0. The van der Waals surface area contributed by atoms with Crippen molar-refractivity contribution in [3.63, 3.8) is 0 Å². The highest BCUT2D eigenvalue weighted by atomic mass is 16.6. The summed E-state index contributed by atoms with van der Waals surface area (Å²) < 4.78 is 5.72. The third-order valence-corrected chi connectivity index (χ3v) is 6.90. The fourth-order valence-electron chi connectivity index (χ4n) is 4.87. The van der Waals surface area contributed by atoms with Gasteiger partial charge in [0.1, 0.15) is 18.7 Å². The predicted octanol–water partition coefficient (Wildman–Crippen LogP) is 4.02. The van der Waals surface area contributed by atoms with Gasteiger partial charge in [0.25, 0.3) is 0 Å². The van der Waals surface area contributed by atoms with Crippen LogP contribution in [0.1, 0.15) is 50.2 Å². The second-order valence-electron chi connectivity index (χ2n) is 8.87. The largest absolute Gasteiger partial charge is 0.480 e. The maximum absolute atomic E-state index is 13.0. The molecule has 0 radical (unpaired) electrons. The molecule has 2 aromatic carbocycles. The van der Waals surface area contributed by atoms with Gasteiger partial charge in [-0.1, -0.05) is 68.8 Å². The molecule has 7 nitrogen and oxygen atoms in total. The molecule has 7 heteroatoms. The highest BCUT2D eigenvalue weighted by molar-refractivity contribution is 5.89. The van der Waals surface area contributed by atoms with Crippen LogP contribution in [-0.2, 0) is 14.3 Å². The monoisotopic (exact) mass is 450 g/mol. The van der Waals surface area contributed by atoms with Crippen LogP contribution in [0, 0.1) is 5.92 Å². The molecule has 174 valence electrons. The van der Waals surface area contributed by atoms with Gasteiger partial charge in [0.15, 0.2) is 0 Å². The first kappa shape index (κ1) is 22.8. The van der Waals surface area contributed by atoms with E-state index in [4.69, 9.17) is 4.74 Å². The lowest BCUT2D eigenvalue weighted by atomic mass is 9.98. The number of hydrogen-bond acceptors (Lipinski definition) is 4. The second-order valence-corrected chi connectivity index (χ2v) is 8.87. The van der Waals surface area contributed by atoms with Crippen LogP contribution in [0.4, 0.5) is 4.79 Å². The summed E-state index contributed by atoms with van der Waals surface area (Å²) in [5, 5.41) is 12.1. The molecule has 0 bridgehead atoms. The molecule has 4 rings (SSSR count). The van der Waals surface area contributed by atoms with Crippen LogP contribution in [-0.4, -0.2) is 53.2 Å². The summed E-state index contributed by atoms with van der Waals surface area (Å²) in [4.78, 5) is 38.8. The van der Waals surface area contributed by atoms with Crippen LogP contribution in [0.15, 0.2) is 48.5 Å². The molecule has 0 aromatic heterocycles. The molecule has 2 amide bonds. The highest BCUT2D eigenvalue weighted by Gasteiger charge is 2.38. The zero-order valence-electron chi connectivity index (χ0n) is 19.0. The fraction of sp³-hybridized carbons (Fsp3) is 0.423. The van der Waals surface area contributed by atoms with Crippen molar-refractivity contribution in [2.24, 2.45) is 5.92 Å². The zero-order chi connectivity index (χ0) is 23.5. The van der Waals surface area contributed by atoms with Crippen molar-refractivity contribution in [1.29, 1.82) is 0 Å². The Bertz CT molecular complexity index is 1010. The number of rotatable bonds is 7. The molecule has 2 aliphatic rings. The Morgan fingerprint density at radius 3 is 2.27 bits per heavy atom. The lowest BCUT2D eigenvalue weighted by Gasteiger charge is -2.27. The second kappa shape index (κ2) is 9.65. The summed E-state index contributed by atoms with van der Waals surface area (Å²) in [5.74, 6) is -1.77. The van der Waals surface area contributed by atoms with Gasteiger partial charge in [0, 0.05) is 12.5 Å². The number of fused-ring (bicyclic) bond motifs is 3. The number of carboxylic acid groups (broad SMARTS) is 1. The molecule has 3 atom stereocenters. The van der Waals surface area contributed by atoms with Gasteiger partial charge in [-0.2, -0.15) is 0 Å². The van der Waals surface area contributed by atoms with E-state index in [9.17, 15) is 19.5 Å².